The van der Waals surface area contributed by atoms with Crippen molar-refractivity contribution < 1.29 is 0 Å². The van der Waals surface area contributed by atoms with Crippen molar-refractivity contribution in [3.05, 3.63) is 5.75 Å². The maximum absolute atomic E-state index is 2.32. The lowest BCUT2D eigenvalue weighted by Gasteiger charge is -2.01. The lowest BCUT2D eigenvalue weighted by atomic mass is 10.3. The van der Waals surface area contributed by atoms with E-state index in [0.29, 0.717) is 0 Å². The van der Waals surface area contributed by atoms with Crippen LogP contribution in [0.5, 0.6) is 0 Å². The number of thioether (sulfide) groups is 1. The summed E-state index contributed by atoms with van der Waals surface area (Å²) in [6.07, 6.45) is 2.67. The molecule has 0 fully saturated rings. The Bertz CT molecular complexity index is 50.5. The summed E-state index contributed by atoms with van der Waals surface area (Å²) < 4.78 is 0. The maximum Gasteiger partial charge on any atom is 0.0191 e. The highest BCUT2D eigenvalue weighted by Crippen LogP contribution is 2.14. The minimum atomic E-state index is 0.742. The Labute approximate surface area is 63.4 Å². The predicted molar refractivity (Wildman–Crippen MR) is 46.5 cm³/mol. The normalized spacial score (nSPS) is 10.7. The fourth-order valence-electron chi connectivity index (χ4n) is 0.488. The van der Waals surface area contributed by atoms with Gasteiger partial charge in [0.05, 0.1) is 0 Å². The Morgan fingerprint density at radius 3 is 2.56 bits per heavy atom. The summed E-state index contributed by atoms with van der Waals surface area (Å²) in [7, 11) is 0. The molecule has 0 bridgehead atoms. The maximum atomic E-state index is 2.32. The van der Waals surface area contributed by atoms with Crippen LogP contribution in [0.25, 0.3) is 0 Å². The zero-order valence-electron chi connectivity index (χ0n) is 6.68. The topological polar surface area (TPSA) is 0 Å². The molecule has 0 spiro atoms. The van der Waals surface area contributed by atoms with Crippen LogP contribution < -0.4 is 0 Å². The molecule has 0 unspecified atom stereocenters. The summed E-state index contributed by atoms with van der Waals surface area (Å²) in [5.74, 6) is 4.36. The molecule has 0 aliphatic rings. The van der Waals surface area contributed by atoms with Gasteiger partial charge < -0.3 is 0 Å². The van der Waals surface area contributed by atoms with Crippen molar-refractivity contribution in [1.82, 2.24) is 0 Å². The van der Waals surface area contributed by atoms with Crippen LogP contribution in [0.2, 0.25) is 0 Å². The molecule has 0 N–H and O–H groups in total. The van der Waals surface area contributed by atoms with Crippen molar-refractivity contribution >= 4 is 11.8 Å². The Morgan fingerprint density at radius 1 is 1.44 bits per heavy atom. The van der Waals surface area contributed by atoms with Crippen LogP contribution in [-0.2, 0) is 0 Å². The zero-order chi connectivity index (χ0) is 7.11. The van der Waals surface area contributed by atoms with Gasteiger partial charge in [-0.15, -0.1) is 0 Å². The van der Waals surface area contributed by atoms with Crippen LogP contribution >= 0.6 is 11.8 Å². The molecule has 1 radical (unpaired) electrons. The first-order valence-corrected chi connectivity index (χ1v) is 4.77. The third kappa shape index (κ3) is 8.35. The van der Waals surface area contributed by atoms with E-state index in [1.807, 2.05) is 11.8 Å². The van der Waals surface area contributed by atoms with Crippen LogP contribution in [0.3, 0.4) is 0 Å². The predicted octanol–water partition coefficient (Wildman–Crippen LogP) is 3.34. The van der Waals surface area contributed by atoms with E-state index < -0.39 is 0 Å². The molecule has 0 rings (SSSR count). The van der Waals surface area contributed by atoms with Gasteiger partial charge >= 0.3 is 0 Å². The Balaban J connectivity index is 2.75. The van der Waals surface area contributed by atoms with Gasteiger partial charge in [-0.05, 0) is 18.1 Å². The molecule has 0 saturated carbocycles. The van der Waals surface area contributed by atoms with Crippen molar-refractivity contribution in [2.45, 2.75) is 33.6 Å². The quantitative estimate of drug-likeness (QED) is 0.535. The van der Waals surface area contributed by atoms with E-state index in [9.17, 15) is 0 Å². The summed E-state index contributed by atoms with van der Waals surface area (Å²) in [5.41, 5.74) is 0. The molecule has 9 heavy (non-hydrogen) atoms. The van der Waals surface area contributed by atoms with E-state index in [1.54, 1.807) is 0 Å². The molecule has 1 heteroatoms. The molecule has 0 aliphatic carbocycles. The van der Waals surface area contributed by atoms with Crippen molar-refractivity contribution in [2.24, 2.45) is 5.92 Å². The summed E-state index contributed by atoms with van der Waals surface area (Å²) in [5, 5.41) is 0. The average molecular weight is 145 g/mol. The van der Waals surface area contributed by atoms with Crippen molar-refractivity contribution in [3.63, 3.8) is 0 Å². The molecule has 0 amide bonds. The summed E-state index contributed by atoms with van der Waals surface area (Å²) >= 11 is 1.96. The van der Waals surface area contributed by atoms with E-state index in [2.05, 4.69) is 26.5 Å². The second-order valence-electron chi connectivity index (χ2n) is 2.60. The first-order valence-electron chi connectivity index (χ1n) is 3.72. The fourth-order valence-corrected chi connectivity index (χ4v) is 1.46. The van der Waals surface area contributed by atoms with Crippen LogP contribution in [0.15, 0.2) is 0 Å². The Hall–Kier alpha value is 0.350. The van der Waals surface area contributed by atoms with Crippen LogP contribution in [0.4, 0.5) is 0 Å². The van der Waals surface area contributed by atoms with Gasteiger partial charge in [-0.2, -0.15) is 11.8 Å². The highest BCUT2D eigenvalue weighted by molar-refractivity contribution is 8.01. The minimum Gasteiger partial charge on any atom is -0.157 e. The number of hydrogen-bond acceptors (Lipinski definition) is 1. The summed E-state index contributed by atoms with van der Waals surface area (Å²) in [6.45, 7) is 6.67. The van der Waals surface area contributed by atoms with Gasteiger partial charge in [0.1, 0.15) is 0 Å². The first kappa shape index (κ1) is 9.35. The van der Waals surface area contributed by atoms with Crippen molar-refractivity contribution in [2.75, 3.05) is 5.75 Å². The molecule has 55 valence electrons. The molecular formula is C8H17S. The molecule has 0 aromatic heterocycles. The number of rotatable bonds is 5. The van der Waals surface area contributed by atoms with Crippen molar-refractivity contribution in [3.8, 4) is 0 Å². The van der Waals surface area contributed by atoms with Gasteiger partial charge in [0.25, 0.3) is 0 Å². The van der Waals surface area contributed by atoms with Gasteiger partial charge in [-0.25, -0.2) is 0 Å². The van der Waals surface area contributed by atoms with E-state index in [-0.39, 0.29) is 0 Å². The van der Waals surface area contributed by atoms with E-state index in [1.165, 1.54) is 18.6 Å². The molecule has 0 heterocycles. The second-order valence-corrected chi connectivity index (χ2v) is 3.62. The van der Waals surface area contributed by atoms with Gasteiger partial charge in [0.2, 0.25) is 0 Å². The highest BCUT2D eigenvalue weighted by atomic mass is 32.2. The smallest absolute Gasteiger partial charge is 0.0191 e. The summed E-state index contributed by atoms with van der Waals surface area (Å²) in [4.78, 5) is 0. The van der Waals surface area contributed by atoms with E-state index >= 15 is 0 Å². The standard InChI is InChI=1S/C8H17S/c1-4-5-6-9-7-8(2)3/h7-8H,4-6H2,1-3H3. The van der Waals surface area contributed by atoms with E-state index in [4.69, 9.17) is 0 Å². The minimum absolute atomic E-state index is 0.742. The van der Waals surface area contributed by atoms with Gasteiger partial charge in [-0.1, -0.05) is 27.2 Å². The molecule has 0 aliphatic heterocycles. The number of hydrogen-bond donors (Lipinski definition) is 0. The monoisotopic (exact) mass is 145 g/mol. The van der Waals surface area contributed by atoms with Gasteiger partial charge in [0, 0.05) is 5.75 Å². The second kappa shape index (κ2) is 6.47. The largest absolute Gasteiger partial charge is 0.157 e. The SMILES string of the molecule is CCCCS[CH]C(C)C. The lowest BCUT2D eigenvalue weighted by Crippen LogP contribution is -1.84. The molecule has 0 nitrogen and oxygen atoms in total. The highest BCUT2D eigenvalue weighted by Gasteiger charge is 1.92. The molecule has 0 aromatic rings. The molecule has 0 saturated heterocycles. The number of unbranched alkanes of at least 4 members (excludes halogenated alkanes) is 1. The fraction of sp³-hybridized carbons (Fsp3) is 0.875. The Kier molecular flexibility index (Phi) is 6.72. The molecule has 0 atom stereocenters. The Morgan fingerprint density at radius 2 is 2.11 bits per heavy atom. The first-order chi connectivity index (χ1) is 4.27. The molecule has 0 aromatic carbocycles. The van der Waals surface area contributed by atoms with Crippen molar-refractivity contribution in [1.29, 1.82) is 0 Å². The molecular weight excluding hydrogens is 128 g/mol. The zero-order valence-corrected chi connectivity index (χ0v) is 7.50. The summed E-state index contributed by atoms with van der Waals surface area (Å²) in [6, 6.07) is 0. The van der Waals surface area contributed by atoms with Crippen LogP contribution in [0.1, 0.15) is 33.6 Å². The van der Waals surface area contributed by atoms with Crippen LogP contribution in [-0.4, -0.2) is 5.75 Å². The lowest BCUT2D eigenvalue weighted by molar-refractivity contribution is 0.809. The van der Waals surface area contributed by atoms with Crippen LogP contribution in [0, 0.1) is 11.7 Å². The average Bonchev–Trinajstić information content (AvgIpc) is 1.80. The van der Waals surface area contributed by atoms with E-state index in [0.717, 1.165) is 5.92 Å². The van der Waals surface area contributed by atoms with Gasteiger partial charge in [-0.3, -0.25) is 0 Å². The third-order valence-electron chi connectivity index (χ3n) is 0.984. The third-order valence-corrected chi connectivity index (χ3v) is 2.25. The van der Waals surface area contributed by atoms with Gasteiger partial charge in [0.15, 0.2) is 0 Å².